The first-order chi connectivity index (χ1) is 10.1. The summed E-state index contributed by atoms with van der Waals surface area (Å²) in [5.41, 5.74) is 0.715. The van der Waals surface area contributed by atoms with Crippen LogP contribution in [0.4, 0.5) is 0 Å². The molecule has 3 heterocycles. The third kappa shape index (κ3) is 3.14. The van der Waals surface area contributed by atoms with Crippen molar-refractivity contribution in [1.82, 2.24) is 9.38 Å². The minimum Gasteiger partial charge on any atom is -0.457 e. The van der Waals surface area contributed by atoms with Crippen molar-refractivity contribution in [2.45, 2.75) is 25.6 Å². The molecule has 1 fully saturated rings. The molecule has 0 aromatic carbocycles. The minimum atomic E-state index is -0.484. The van der Waals surface area contributed by atoms with Gasteiger partial charge in [-0.15, -0.1) is 0 Å². The average molecular weight is 353 g/mol. The maximum atomic E-state index is 12.0. The van der Waals surface area contributed by atoms with E-state index in [9.17, 15) is 9.59 Å². The molecule has 2 aromatic rings. The molecular formula is C14H13BrN2O4. The molecule has 0 N–H and O–H groups in total. The molecule has 110 valence electrons. The van der Waals surface area contributed by atoms with Crippen molar-refractivity contribution in [2.24, 2.45) is 0 Å². The number of carbonyl (C=O) groups excluding carboxylic acids is 1. The number of hydrogen-bond donors (Lipinski definition) is 0. The number of esters is 1. The Morgan fingerprint density at radius 3 is 3.14 bits per heavy atom. The topological polar surface area (TPSA) is 69.9 Å². The lowest BCUT2D eigenvalue weighted by Crippen LogP contribution is -2.23. The standard InChI is InChI=1S/C14H13BrN2O4/c15-9-3-4-12-16-10(6-13(18)17(12)7-9)8-21-14(19)11-2-1-5-20-11/h3-4,6-7,11H,1-2,5,8H2/t11-/m1/s1. The zero-order valence-electron chi connectivity index (χ0n) is 11.1. The predicted octanol–water partition coefficient (Wildman–Crippen LogP) is 1.68. The number of aromatic nitrogens is 2. The molecule has 0 amide bonds. The van der Waals surface area contributed by atoms with E-state index >= 15 is 0 Å². The molecule has 7 heteroatoms. The Kier molecular flexibility index (Phi) is 4.03. The summed E-state index contributed by atoms with van der Waals surface area (Å²) in [6, 6.07) is 4.88. The molecule has 3 rings (SSSR count). The van der Waals surface area contributed by atoms with Gasteiger partial charge in [-0.1, -0.05) is 0 Å². The lowest BCUT2D eigenvalue weighted by Gasteiger charge is -2.09. The maximum absolute atomic E-state index is 12.0. The van der Waals surface area contributed by atoms with Gasteiger partial charge >= 0.3 is 5.97 Å². The Bertz CT molecular complexity index is 737. The summed E-state index contributed by atoms with van der Waals surface area (Å²) in [4.78, 5) is 28.0. The van der Waals surface area contributed by atoms with Crippen LogP contribution >= 0.6 is 15.9 Å². The van der Waals surface area contributed by atoms with Gasteiger partial charge in [-0.3, -0.25) is 9.20 Å². The first-order valence-electron chi connectivity index (χ1n) is 6.59. The van der Waals surface area contributed by atoms with Crippen LogP contribution in [0.15, 0.2) is 33.7 Å². The lowest BCUT2D eigenvalue weighted by atomic mass is 10.2. The Balaban J connectivity index is 1.76. The highest BCUT2D eigenvalue weighted by atomic mass is 79.9. The van der Waals surface area contributed by atoms with Crippen molar-refractivity contribution in [3.05, 3.63) is 44.9 Å². The van der Waals surface area contributed by atoms with Crippen LogP contribution in [0.2, 0.25) is 0 Å². The number of halogens is 1. The van der Waals surface area contributed by atoms with Gasteiger partial charge < -0.3 is 9.47 Å². The van der Waals surface area contributed by atoms with Crippen molar-refractivity contribution in [2.75, 3.05) is 6.61 Å². The van der Waals surface area contributed by atoms with Crippen LogP contribution in [0.5, 0.6) is 0 Å². The van der Waals surface area contributed by atoms with Crippen LogP contribution < -0.4 is 5.56 Å². The highest BCUT2D eigenvalue weighted by Gasteiger charge is 2.25. The van der Waals surface area contributed by atoms with Gasteiger partial charge in [0.05, 0.1) is 5.69 Å². The molecule has 21 heavy (non-hydrogen) atoms. The Hall–Kier alpha value is -1.73. The number of nitrogens with zero attached hydrogens (tertiary/aromatic N) is 2. The summed E-state index contributed by atoms with van der Waals surface area (Å²) in [6.07, 6.45) is 2.71. The molecule has 0 bridgehead atoms. The fourth-order valence-corrected chi connectivity index (χ4v) is 2.54. The molecule has 2 aromatic heterocycles. The third-order valence-electron chi connectivity index (χ3n) is 3.23. The predicted molar refractivity (Wildman–Crippen MR) is 77.9 cm³/mol. The molecule has 1 saturated heterocycles. The largest absolute Gasteiger partial charge is 0.457 e. The Labute approximate surface area is 128 Å². The summed E-state index contributed by atoms with van der Waals surface area (Å²) in [5, 5.41) is 0. The molecule has 6 nitrogen and oxygen atoms in total. The number of ether oxygens (including phenoxy) is 2. The molecule has 1 atom stereocenters. The fourth-order valence-electron chi connectivity index (χ4n) is 2.20. The van der Waals surface area contributed by atoms with Gasteiger partial charge in [-0.2, -0.15) is 0 Å². The van der Waals surface area contributed by atoms with Crippen molar-refractivity contribution in [1.29, 1.82) is 0 Å². The first kappa shape index (κ1) is 14.2. The van der Waals surface area contributed by atoms with Gasteiger partial charge in [0.1, 0.15) is 12.3 Å². The van der Waals surface area contributed by atoms with E-state index in [0.717, 1.165) is 10.9 Å². The molecule has 1 aliphatic rings. The molecule has 0 aliphatic carbocycles. The highest BCUT2D eigenvalue weighted by Crippen LogP contribution is 2.14. The number of carbonyl (C=O) groups is 1. The summed E-state index contributed by atoms with van der Waals surface area (Å²) >= 11 is 3.30. The van der Waals surface area contributed by atoms with E-state index in [1.54, 1.807) is 18.3 Å². The number of hydrogen-bond acceptors (Lipinski definition) is 5. The summed E-state index contributed by atoms with van der Waals surface area (Å²) in [6.45, 7) is 0.560. The molecule has 0 radical (unpaired) electrons. The highest BCUT2D eigenvalue weighted by molar-refractivity contribution is 9.10. The van der Waals surface area contributed by atoms with Gasteiger partial charge in [0.25, 0.3) is 5.56 Å². The summed E-state index contributed by atoms with van der Waals surface area (Å²) in [7, 11) is 0. The van der Waals surface area contributed by atoms with Gasteiger partial charge in [0.15, 0.2) is 6.10 Å². The van der Waals surface area contributed by atoms with Crippen LogP contribution in [0.25, 0.3) is 5.65 Å². The lowest BCUT2D eigenvalue weighted by molar-refractivity contribution is -0.155. The van der Waals surface area contributed by atoms with Gasteiger partial charge in [-0.25, -0.2) is 9.78 Å². The van der Waals surface area contributed by atoms with E-state index in [2.05, 4.69) is 20.9 Å². The Morgan fingerprint density at radius 1 is 1.52 bits per heavy atom. The van der Waals surface area contributed by atoms with E-state index in [1.807, 2.05) is 0 Å². The van der Waals surface area contributed by atoms with Gasteiger partial charge in [0, 0.05) is 23.3 Å². The second-order valence-electron chi connectivity index (χ2n) is 4.77. The van der Waals surface area contributed by atoms with Crippen LogP contribution in [0.3, 0.4) is 0 Å². The second-order valence-corrected chi connectivity index (χ2v) is 5.69. The van der Waals surface area contributed by atoms with E-state index < -0.39 is 12.1 Å². The Morgan fingerprint density at radius 2 is 2.38 bits per heavy atom. The van der Waals surface area contributed by atoms with Crippen LogP contribution in [0.1, 0.15) is 18.5 Å². The first-order valence-corrected chi connectivity index (χ1v) is 7.39. The SMILES string of the molecule is O=C(OCc1cc(=O)n2cc(Br)ccc2n1)[C@H]1CCCO1. The van der Waals surface area contributed by atoms with Gasteiger partial charge in [-0.05, 0) is 40.9 Å². The van der Waals surface area contributed by atoms with Crippen LogP contribution in [-0.2, 0) is 20.9 Å². The molecule has 1 aliphatic heterocycles. The molecule has 0 saturated carbocycles. The minimum absolute atomic E-state index is 0.0273. The monoisotopic (exact) mass is 352 g/mol. The maximum Gasteiger partial charge on any atom is 0.335 e. The molecule has 0 spiro atoms. The number of rotatable bonds is 3. The zero-order valence-corrected chi connectivity index (χ0v) is 12.7. The van der Waals surface area contributed by atoms with Gasteiger partial charge in [0.2, 0.25) is 0 Å². The van der Waals surface area contributed by atoms with E-state index in [0.29, 0.717) is 24.4 Å². The number of pyridine rings is 1. The van der Waals surface area contributed by atoms with Crippen LogP contribution in [-0.4, -0.2) is 28.1 Å². The third-order valence-corrected chi connectivity index (χ3v) is 3.70. The van der Waals surface area contributed by atoms with Crippen molar-refractivity contribution in [3.63, 3.8) is 0 Å². The second kappa shape index (κ2) is 5.95. The smallest absolute Gasteiger partial charge is 0.335 e. The van der Waals surface area contributed by atoms with E-state index in [-0.39, 0.29) is 12.2 Å². The fraction of sp³-hybridized carbons (Fsp3) is 0.357. The summed E-state index contributed by atoms with van der Waals surface area (Å²) < 4.78 is 12.6. The van der Waals surface area contributed by atoms with E-state index in [4.69, 9.17) is 9.47 Å². The average Bonchev–Trinajstić information content (AvgIpc) is 3.00. The molecule has 0 unspecified atom stereocenters. The molecular weight excluding hydrogens is 340 g/mol. The van der Waals surface area contributed by atoms with Crippen molar-refractivity contribution < 1.29 is 14.3 Å². The summed E-state index contributed by atoms with van der Waals surface area (Å²) in [5.74, 6) is -0.398. The quantitative estimate of drug-likeness (QED) is 0.786. The van der Waals surface area contributed by atoms with Crippen molar-refractivity contribution in [3.8, 4) is 0 Å². The van der Waals surface area contributed by atoms with Crippen molar-refractivity contribution >= 4 is 27.5 Å². The van der Waals surface area contributed by atoms with E-state index in [1.165, 1.54) is 10.5 Å². The normalized spacial score (nSPS) is 18.0. The van der Waals surface area contributed by atoms with Crippen LogP contribution in [0, 0.1) is 0 Å². The number of fused-ring (bicyclic) bond motifs is 1. The zero-order chi connectivity index (χ0) is 14.8.